The molecule has 2 saturated carbocycles. The number of allylic oxidation sites excluding steroid dienone is 2. The highest BCUT2D eigenvalue weighted by Crippen LogP contribution is 2.38. The molecule has 3 nitrogen and oxygen atoms in total. The molecule has 152 valence electrons. The number of hydrogen-bond donors (Lipinski definition) is 0. The molecule has 1 amide bonds. The van der Waals surface area contributed by atoms with Crippen LogP contribution in [0.1, 0.15) is 88.9 Å². The molecule has 0 N–H and O–H groups in total. The zero-order valence-corrected chi connectivity index (χ0v) is 17.9. The highest BCUT2D eigenvalue weighted by molar-refractivity contribution is 7.11. The number of nitrogens with zero attached hydrogens (tertiary/aromatic N) is 1. The van der Waals surface area contributed by atoms with Gasteiger partial charge in [-0.2, -0.15) is 0 Å². The largest absolute Gasteiger partial charge is 0.308 e. The molecule has 1 heterocycles. The molecule has 0 bridgehead atoms. The Kier molecular flexibility index (Phi) is 6.35. The van der Waals surface area contributed by atoms with E-state index in [-0.39, 0.29) is 12.0 Å². The van der Waals surface area contributed by atoms with Crippen LogP contribution in [0.2, 0.25) is 0 Å². The molecular weight excluding hydrogens is 366 g/mol. The molecule has 4 rings (SSSR count). The van der Waals surface area contributed by atoms with Crippen molar-refractivity contribution in [2.45, 2.75) is 90.0 Å². The molecular formula is C24H33NO2S. The molecule has 0 atom stereocenters. The summed E-state index contributed by atoms with van der Waals surface area (Å²) in [6.07, 6.45) is 14.5. The van der Waals surface area contributed by atoms with Gasteiger partial charge in [0.2, 0.25) is 5.91 Å². The van der Waals surface area contributed by atoms with Crippen molar-refractivity contribution in [1.82, 2.24) is 0 Å². The number of Topliss-reactive ketones (excluding diaryl/α,β-unsaturated/α-hetero) is 1. The molecule has 2 fully saturated rings. The Morgan fingerprint density at radius 1 is 1.04 bits per heavy atom. The second-order valence-corrected chi connectivity index (χ2v) is 9.99. The maximum atomic E-state index is 13.6. The van der Waals surface area contributed by atoms with Crippen LogP contribution in [0, 0.1) is 11.8 Å². The molecule has 3 aliphatic rings. The molecule has 3 aliphatic carbocycles. The van der Waals surface area contributed by atoms with E-state index in [1.807, 2.05) is 0 Å². The summed E-state index contributed by atoms with van der Waals surface area (Å²) < 4.78 is 0. The first kappa shape index (κ1) is 19.9. The molecule has 0 saturated heterocycles. The second-order valence-electron chi connectivity index (χ2n) is 9.08. The Balaban J connectivity index is 1.57. The molecule has 0 unspecified atom stereocenters. The summed E-state index contributed by atoms with van der Waals surface area (Å²) in [5.41, 5.74) is 2.54. The number of carbonyl (C=O) groups excluding carboxylic acids is 2. The second kappa shape index (κ2) is 8.94. The third kappa shape index (κ3) is 4.42. The normalized spacial score (nSPS) is 26.8. The predicted molar refractivity (Wildman–Crippen MR) is 117 cm³/mol. The predicted octanol–water partition coefficient (Wildman–Crippen LogP) is 6.38. The van der Waals surface area contributed by atoms with Crippen LogP contribution in [0.25, 0.3) is 5.57 Å². The van der Waals surface area contributed by atoms with Crippen molar-refractivity contribution in [3.05, 3.63) is 22.4 Å². The van der Waals surface area contributed by atoms with E-state index >= 15 is 0 Å². The van der Waals surface area contributed by atoms with Gasteiger partial charge < -0.3 is 4.90 Å². The lowest BCUT2D eigenvalue weighted by molar-refractivity contribution is -0.125. The number of carbonyl (C=O) groups is 2. The van der Waals surface area contributed by atoms with E-state index in [9.17, 15) is 9.59 Å². The standard InChI is InChI=1S/C24H33NO2S/c1-17-7-9-19(10-8-17)24(27)25(20-11-13-22(26)14-12-20)21-15-23(28-16-21)18-5-3-2-4-6-18/h5,15-17,19-20H,2-4,6-14H2,1H3. The molecule has 0 spiro atoms. The topological polar surface area (TPSA) is 37.4 Å². The lowest BCUT2D eigenvalue weighted by Crippen LogP contribution is -2.46. The molecule has 4 heteroatoms. The van der Waals surface area contributed by atoms with Crippen LogP contribution in [0.3, 0.4) is 0 Å². The van der Waals surface area contributed by atoms with Crippen LogP contribution < -0.4 is 4.90 Å². The van der Waals surface area contributed by atoms with E-state index < -0.39 is 0 Å². The van der Waals surface area contributed by atoms with E-state index in [0.717, 1.165) is 56.6 Å². The van der Waals surface area contributed by atoms with Crippen molar-refractivity contribution in [3.8, 4) is 0 Å². The van der Waals surface area contributed by atoms with Gasteiger partial charge in [-0.15, -0.1) is 11.3 Å². The monoisotopic (exact) mass is 399 g/mol. The van der Waals surface area contributed by atoms with E-state index in [4.69, 9.17) is 0 Å². The summed E-state index contributed by atoms with van der Waals surface area (Å²) in [7, 11) is 0. The fourth-order valence-corrected chi connectivity index (χ4v) is 6.04. The zero-order chi connectivity index (χ0) is 19.5. The van der Waals surface area contributed by atoms with Gasteiger partial charge in [0.1, 0.15) is 5.78 Å². The van der Waals surface area contributed by atoms with Crippen molar-refractivity contribution >= 4 is 34.3 Å². The van der Waals surface area contributed by atoms with Gasteiger partial charge in [-0.1, -0.05) is 13.0 Å². The number of thiophene rings is 1. The molecule has 1 aromatic heterocycles. The number of hydrogen-bond acceptors (Lipinski definition) is 3. The van der Waals surface area contributed by atoms with Crippen LogP contribution in [-0.2, 0) is 9.59 Å². The summed E-state index contributed by atoms with van der Waals surface area (Å²) >= 11 is 1.78. The minimum atomic E-state index is 0.158. The van der Waals surface area contributed by atoms with Gasteiger partial charge in [-0.05, 0) is 81.8 Å². The van der Waals surface area contributed by atoms with Gasteiger partial charge in [0.15, 0.2) is 0 Å². The molecule has 0 aromatic carbocycles. The summed E-state index contributed by atoms with van der Waals surface area (Å²) in [5, 5.41) is 2.19. The lowest BCUT2D eigenvalue weighted by atomic mass is 9.81. The zero-order valence-electron chi connectivity index (χ0n) is 17.1. The van der Waals surface area contributed by atoms with E-state index in [2.05, 4.69) is 29.3 Å². The average molecular weight is 400 g/mol. The van der Waals surface area contributed by atoms with Gasteiger partial charge in [0.25, 0.3) is 0 Å². The average Bonchev–Trinajstić information content (AvgIpc) is 3.20. The Hall–Kier alpha value is -1.42. The SMILES string of the molecule is CC1CCC(C(=O)N(c2csc(C3=CCCCC3)c2)C2CCC(=O)CC2)CC1. The first-order valence-corrected chi connectivity index (χ1v) is 12.1. The number of anilines is 1. The maximum Gasteiger partial charge on any atom is 0.230 e. The van der Waals surface area contributed by atoms with Crippen LogP contribution >= 0.6 is 11.3 Å². The summed E-state index contributed by atoms with van der Waals surface area (Å²) in [6.45, 7) is 2.30. The fraction of sp³-hybridized carbons (Fsp3) is 0.667. The van der Waals surface area contributed by atoms with Gasteiger partial charge in [-0.25, -0.2) is 0 Å². The maximum absolute atomic E-state index is 13.6. The minimum absolute atomic E-state index is 0.158. The van der Waals surface area contributed by atoms with Crippen LogP contribution in [-0.4, -0.2) is 17.7 Å². The Morgan fingerprint density at radius 3 is 2.46 bits per heavy atom. The quantitative estimate of drug-likeness (QED) is 0.589. The van der Waals surface area contributed by atoms with Crippen molar-refractivity contribution in [1.29, 1.82) is 0 Å². The fourth-order valence-electron chi connectivity index (χ4n) is 5.09. The molecule has 1 aromatic rings. The molecule has 0 aliphatic heterocycles. The molecule has 0 radical (unpaired) electrons. The van der Waals surface area contributed by atoms with Crippen molar-refractivity contribution in [2.24, 2.45) is 11.8 Å². The highest BCUT2D eigenvalue weighted by Gasteiger charge is 2.35. The first-order chi connectivity index (χ1) is 13.6. The van der Waals surface area contributed by atoms with Crippen LogP contribution in [0.5, 0.6) is 0 Å². The van der Waals surface area contributed by atoms with Crippen LogP contribution in [0.4, 0.5) is 5.69 Å². The van der Waals surface area contributed by atoms with Crippen LogP contribution in [0.15, 0.2) is 17.5 Å². The minimum Gasteiger partial charge on any atom is -0.308 e. The number of ketones is 1. The van der Waals surface area contributed by atoms with Crippen molar-refractivity contribution in [2.75, 3.05) is 4.90 Å². The van der Waals surface area contributed by atoms with Gasteiger partial charge in [-0.3, -0.25) is 9.59 Å². The number of rotatable bonds is 4. The van der Waals surface area contributed by atoms with Crippen molar-refractivity contribution in [3.63, 3.8) is 0 Å². The Morgan fingerprint density at radius 2 is 1.79 bits per heavy atom. The Labute approximate surface area is 173 Å². The molecule has 28 heavy (non-hydrogen) atoms. The third-order valence-corrected chi connectivity index (χ3v) is 7.95. The van der Waals surface area contributed by atoms with E-state index in [1.165, 1.54) is 29.7 Å². The van der Waals surface area contributed by atoms with Crippen molar-refractivity contribution < 1.29 is 9.59 Å². The van der Waals surface area contributed by atoms with Gasteiger partial charge in [0.05, 0.1) is 5.69 Å². The summed E-state index contributed by atoms with van der Waals surface area (Å²) in [6, 6.07) is 2.44. The van der Waals surface area contributed by atoms with Gasteiger partial charge >= 0.3 is 0 Å². The third-order valence-electron chi connectivity index (χ3n) is 6.95. The summed E-state index contributed by atoms with van der Waals surface area (Å²) in [5.74, 6) is 1.57. The lowest BCUT2D eigenvalue weighted by Gasteiger charge is -2.37. The van der Waals surface area contributed by atoms with Gasteiger partial charge in [0, 0.05) is 35.1 Å². The summed E-state index contributed by atoms with van der Waals surface area (Å²) in [4.78, 5) is 28.8. The van der Waals surface area contributed by atoms with E-state index in [1.54, 1.807) is 11.3 Å². The first-order valence-electron chi connectivity index (χ1n) is 11.2. The van der Waals surface area contributed by atoms with E-state index in [0.29, 0.717) is 24.5 Å². The highest BCUT2D eigenvalue weighted by atomic mass is 32.1. The smallest absolute Gasteiger partial charge is 0.230 e. The number of amides is 1. The Bertz CT molecular complexity index is 732.